The van der Waals surface area contributed by atoms with Gasteiger partial charge >= 0.3 is 5.97 Å². The molecule has 0 aliphatic rings. The summed E-state index contributed by atoms with van der Waals surface area (Å²) in [4.78, 5) is 22.9. The SMILES string of the molecule is CCOc1ccccc1OC(C)(C)C(=O)NC(C)C(=O)O. The molecule has 0 bridgehead atoms. The minimum atomic E-state index is -1.23. The van der Waals surface area contributed by atoms with Crippen molar-refractivity contribution in [3.05, 3.63) is 24.3 Å². The van der Waals surface area contributed by atoms with Crippen LogP contribution >= 0.6 is 0 Å². The van der Waals surface area contributed by atoms with Gasteiger partial charge in [-0.1, -0.05) is 12.1 Å². The van der Waals surface area contributed by atoms with Crippen molar-refractivity contribution in [2.24, 2.45) is 0 Å². The predicted molar refractivity (Wildman–Crippen MR) is 77.6 cm³/mol. The van der Waals surface area contributed by atoms with E-state index in [1.54, 1.807) is 38.1 Å². The first-order valence-electron chi connectivity index (χ1n) is 6.72. The minimum absolute atomic E-state index is 0.433. The molecule has 0 fully saturated rings. The fraction of sp³-hybridized carbons (Fsp3) is 0.467. The Morgan fingerprint density at radius 3 is 2.38 bits per heavy atom. The van der Waals surface area contributed by atoms with Crippen molar-refractivity contribution in [3.63, 3.8) is 0 Å². The standard InChI is InChI=1S/C15H21NO5/c1-5-20-11-8-6-7-9-12(11)21-15(3,4)14(19)16-10(2)13(17)18/h6-10H,5H2,1-4H3,(H,16,19)(H,17,18). The summed E-state index contributed by atoms with van der Waals surface area (Å²) < 4.78 is 11.1. The van der Waals surface area contributed by atoms with Crippen LogP contribution in [0, 0.1) is 0 Å². The van der Waals surface area contributed by atoms with Gasteiger partial charge in [0.05, 0.1) is 6.61 Å². The number of carbonyl (C=O) groups excluding carboxylic acids is 1. The topological polar surface area (TPSA) is 84.9 Å². The van der Waals surface area contributed by atoms with Gasteiger partial charge in [0.15, 0.2) is 17.1 Å². The maximum Gasteiger partial charge on any atom is 0.325 e. The van der Waals surface area contributed by atoms with Crippen LogP contribution in [0.15, 0.2) is 24.3 Å². The van der Waals surface area contributed by atoms with Gasteiger partial charge < -0.3 is 19.9 Å². The summed E-state index contributed by atoms with van der Waals surface area (Å²) in [6.45, 7) is 6.86. The van der Waals surface area contributed by atoms with E-state index in [1.165, 1.54) is 6.92 Å². The average Bonchev–Trinajstić information content (AvgIpc) is 2.40. The highest BCUT2D eigenvalue weighted by molar-refractivity contribution is 5.88. The fourth-order valence-corrected chi connectivity index (χ4v) is 1.56. The van der Waals surface area contributed by atoms with Gasteiger partial charge in [0, 0.05) is 0 Å². The second-order valence-corrected chi connectivity index (χ2v) is 5.03. The van der Waals surface area contributed by atoms with Crippen LogP contribution in [0.4, 0.5) is 0 Å². The third-order valence-electron chi connectivity index (χ3n) is 2.78. The summed E-state index contributed by atoms with van der Waals surface area (Å²) >= 11 is 0. The summed E-state index contributed by atoms with van der Waals surface area (Å²) in [7, 11) is 0. The van der Waals surface area contributed by atoms with E-state index in [9.17, 15) is 9.59 Å². The second-order valence-electron chi connectivity index (χ2n) is 5.03. The molecular weight excluding hydrogens is 274 g/mol. The van der Waals surface area contributed by atoms with Crippen molar-refractivity contribution in [1.82, 2.24) is 5.32 Å². The summed E-state index contributed by atoms with van der Waals surface area (Å²) in [5.41, 5.74) is -1.23. The number of ether oxygens (including phenoxy) is 2. The van der Waals surface area contributed by atoms with Gasteiger partial charge in [-0.05, 0) is 39.8 Å². The summed E-state index contributed by atoms with van der Waals surface area (Å²) in [5, 5.41) is 11.2. The first kappa shape index (κ1) is 16.8. The monoisotopic (exact) mass is 295 g/mol. The second kappa shape index (κ2) is 6.97. The van der Waals surface area contributed by atoms with Crippen LogP contribution in [0.1, 0.15) is 27.7 Å². The summed E-state index contributed by atoms with van der Waals surface area (Å²) in [5.74, 6) is -0.646. The molecule has 21 heavy (non-hydrogen) atoms. The van der Waals surface area contributed by atoms with Crippen molar-refractivity contribution in [2.75, 3.05) is 6.61 Å². The highest BCUT2D eigenvalue weighted by Crippen LogP contribution is 2.30. The summed E-state index contributed by atoms with van der Waals surface area (Å²) in [6.07, 6.45) is 0. The molecule has 1 unspecified atom stereocenters. The smallest absolute Gasteiger partial charge is 0.325 e. The van der Waals surface area contributed by atoms with Gasteiger partial charge in [0.1, 0.15) is 6.04 Å². The highest BCUT2D eigenvalue weighted by atomic mass is 16.5. The van der Waals surface area contributed by atoms with Crippen molar-refractivity contribution < 1.29 is 24.2 Å². The van der Waals surface area contributed by atoms with Crippen LogP contribution in [0.2, 0.25) is 0 Å². The zero-order chi connectivity index (χ0) is 16.0. The Bertz CT molecular complexity index is 513. The van der Waals surface area contributed by atoms with Crippen LogP contribution < -0.4 is 14.8 Å². The Balaban J connectivity index is 2.84. The molecule has 1 atom stereocenters. The molecule has 6 nitrogen and oxygen atoms in total. The molecule has 1 rings (SSSR count). The van der Waals surface area contributed by atoms with E-state index in [0.29, 0.717) is 18.1 Å². The van der Waals surface area contributed by atoms with E-state index in [2.05, 4.69) is 5.32 Å². The molecule has 116 valence electrons. The first-order chi connectivity index (χ1) is 9.77. The molecule has 0 spiro atoms. The van der Waals surface area contributed by atoms with Crippen LogP contribution in [-0.2, 0) is 9.59 Å². The minimum Gasteiger partial charge on any atom is -0.490 e. The van der Waals surface area contributed by atoms with Gasteiger partial charge in [-0.2, -0.15) is 0 Å². The lowest BCUT2D eigenvalue weighted by molar-refractivity contribution is -0.144. The maximum absolute atomic E-state index is 12.1. The molecule has 0 saturated carbocycles. The number of nitrogens with one attached hydrogen (secondary N) is 1. The predicted octanol–water partition coefficient (Wildman–Crippen LogP) is 1.83. The zero-order valence-electron chi connectivity index (χ0n) is 12.7. The quantitative estimate of drug-likeness (QED) is 0.801. The molecule has 1 aromatic carbocycles. The zero-order valence-corrected chi connectivity index (χ0v) is 12.7. The van der Waals surface area contributed by atoms with Gasteiger partial charge in [0.25, 0.3) is 5.91 Å². The number of hydrogen-bond acceptors (Lipinski definition) is 4. The van der Waals surface area contributed by atoms with Crippen LogP contribution in [0.5, 0.6) is 11.5 Å². The molecule has 0 aromatic heterocycles. The maximum atomic E-state index is 12.1. The Hall–Kier alpha value is -2.24. The molecule has 0 heterocycles. The van der Waals surface area contributed by atoms with Gasteiger partial charge in [-0.25, -0.2) is 0 Å². The van der Waals surface area contributed by atoms with Crippen molar-refractivity contribution >= 4 is 11.9 Å². The Morgan fingerprint density at radius 2 is 1.86 bits per heavy atom. The normalized spacial score (nSPS) is 12.4. The van der Waals surface area contributed by atoms with Crippen LogP contribution in [-0.4, -0.2) is 35.2 Å². The first-order valence-corrected chi connectivity index (χ1v) is 6.72. The Morgan fingerprint density at radius 1 is 1.29 bits per heavy atom. The number of carboxylic acids is 1. The number of aliphatic carboxylic acids is 1. The third-order valence-corrected chi connectivity index (χ3v) is 2.78. The molecule has 6 heteroatoms. The fourth-order valence-electron chi connectivity index (χ4n) is 1.56. The highest BCUT2D eigenvalue weighted by Gasteiger charge is 2.32. The lowest BCUT2D eigenvalue weighted by atomic mass is 10.1. The molecule has 0 saturated heterocycles. The van der Waals surface area contributed by atoms with Crippen molar-refractivity contribution in [3.8, 4) is 11.5 Å². The Labute approximate surface area is 124 Å². The van der Waals surface area contributed by atoms with E-state index >= 15 is 0 Å². The van der Waals surface area contributed by atoms with E-state index in [1.807, 2.05) is 6.92 Å². The molecular formula is C15H21NO5. The molecule has 1 amide bonds. The largest absolute Gasteiger partial charge is 0.490 e. The molecule has 0 aliphatic heterocycles. The van der Waals surface area contributed by atoms with E-state index in [0.717, 1.165) is 0 Å². The van der Waals surface area contributed by atoms with E-state index < -0.39 is 23.5 Å². The van der Waals surface area contributed by atoms with E-state index in [4.69, 9.17) is 14.6 Å². The molecule has 0 aliphatic carbocycles. The van der Waals surface area contributed by atoms with Crippen LogP contribution in [0.25, 0.3) is 0 Å². The number of carbonyl (C=O) groups is 2. The lowest BCUT2D eigenvalue weighted by Crippen LogP contribution is -2.51. The third kappa shape index (κ3) is 4.66. The lowest BCUT2D eigenvalue weighted by Gasteiger charge is -2.27. The van der Waals surface area contributed by atoms with Gasteiger partial charge in [-0.15, -0.1) is 0 Å². The summed E-state index contributed by atoms with van der Waals surface area (Å²) in [6, 6.07) is 6.03. The number of benzene rings is 1. The molecule has 0 radical (unpaired) electrons. The van der Waals surface area contributed by atoms with Crippen molar-refractivity contribution in [1.29, 1.82) is 0 Å². The van der Waals surface area contributed by atoms with E-state index in [-0.39, 0.29) is 0 Å². The van der Waals surface area contributed by atoms with Crippen molar-refractivity contribution in [2.45, 2.75) is 39.3 Å². The number of para-hydroxylation sites is 2. The number of carboxylic acid groups (broad SMARTS) is 1. The average molecular weight is 295 g/mol. The molecule has 1 aromatic rings. The number of amides is 1. The van der Waals surface area contributed by atoms with Crippen LogP contribution in [0.3, 0.4) is 0 Å². The molecule has 2 N–H and O–H groups in total. The van der Waals surface area contributed by atoms with Gasteiger partial charge in [-0.3, -0.25) is 9.59 Å². The Kier molecular flexibility index (Phi) is 5.58. The van der Waals surface area contributed by atoms with Gasteiger partial charge in [0.2, 0.25) is 0 Å². The number of hydrogen-bond donors (Lipinski definition) is 2. The number of rotatable bonds is 7.